The predicted molar refractivity (Wildman–Crippen MR) is 115 cm³/mol. The fourth-order valence-corrected chi connectivity index (χ4v) is 4.54. The molecule has 0 radical (unpaired) electrons. The molecule has 1 amide bonds. The zero-order chi connectivity index (χ0) is 20.7. The Morgan fingerprint density at radius 2 is 2.10 bits per heavy atom. The molecule has 0 fully saturated rings. The summed E-state index contributed by atoms with van der Waals surface area (Å²) in [6, 6.07) is 7.63. The van der Waals surface area contributed by atoms with E-state index < -0.39 is 0 Å². The number of anilines is 1. The van der Waals surface area contributed by atoms with Crippen molar-refractivity contribution in [3.05, 3.63) is 45.9 Å². The standard InChI is InChI=1S/C21H24N4O3S/c1-12(2)25-20(27)19-15(10-14(4)22-19)23-21(25)29-11-18(26)24-7-8-28-17-6-5-13(3)9-16(17)24/h5-6,9-10,12,22H,7-8,11H2,1-4H3. The van der Waals surface area contributed by atoms with E-state index in [0.29, 0.717) is 29.3 Å². The first-order valence-electron chi connectivity index (χ1n) is 9.63. The lowest BCUT2D eigenvalue weighted by Gasteiger charge is -2.30. The summed E-state index contributed by atoms with van der Waals surface area (Å²) in [5, 5.41) is 0.558. The number of nitrogens with one attached hydrogen (secondary N) is 1. The van der Waals surface area contributed by atoms with Crippen molar-refractivity contribution < 1.29 is 9.53 Å². The van der Waals surface area contributed by atoms with Crippen molar-refractivity contribution in [3.8, 4) is 5.75 Å². The van der Waals surface area contributed by atoms with Crippen molar-refractivity contribution in [1.82, 2.24) is 14.5 Å². The molecule has 0 bridgehead atoms. The first-order chi connectivity index (χ1) is 13.8. The number of carbonyl (C=O) groups excluding carboxylic acids is 1. The first kappa shape index (κ1) is 19.6. The highest BCUT2D eigenvalue weighted by Crippen LogP contribution is 2.33. The number of nitrogens with zero attached hydrogens (tertiary/aromatic N) is 3. The molecule has 3 heterocycles. The third kappa shape index (κ3) is 3.64. The van der Waals surface area contributed by atoms with Crippen molar-refractivity contribution in [2.24, 2.45) is 0 Å². The minimum absolute atomic E-state index is 0.0277. The maximum atomic E-state index is 13.0. The number of ether oxygens (including phenoxy) is 1. The van der Waals surface area contributed by atoms with E-state index in [0.717, 1.165) is 22.7 Å². The maximum Gasteiger partial charge on any atom is 0.278 e. The number of aromatic amines is 1. The van der Waals surface area contributed by atoms with Gasteiger partial charge >= 0.3 is 0 Å². The Kier molecular flexibility index (Phi) is 5.12. The molecule has 0 spiro atoms. The summed E-state index contributed by atoms with van der Waals surface area (Å²) in [5.41, 5.74) is 3.78. The van der Waals surface area contributed by atoms with E-state index in [1.807, 2.05) is 52.0 Å². The highest BCUT2D eigenvalue weighted by atomic mass is 32.2. The van der Waals surface area contributed by atoms with Gasteiger partial charge in [0, 0.05) is 11.7 Å². The molecule has 4 rings (SSSR count). The Balaban J connectivity index is 1.62. The molecule has 1 aliphatic heterocycles. The number of benzene rings is 1. The van der Waals surface area contributed by atoms with Crippen LogP contribution in [0.15, 0.2) is 34.2 Å². The summed E-state index contributed by atoms with van der Waals surface area (Å²) < 4.78 is 7.32. The van der Waals surface area contributed by atoms with E-state index >= 15 is 0 Å². The molecule has 1 aliphatic rings. The van der Waals surface area contributed by atoms with Crippen molar-refractivity contribution in [2.75, 3.05) is 23.8 Å². The Hall–Kier alpha value is -2.74. The van der Waals surface area contributed by atoms with Crippen molar-refractivity contribution >= 4 is 34.4 Å². The second-order valence-electron chi connectivity index (χ2n) is 7.53. The van der Waals surface area contributed by atoms with Gasteiger partial charge in [-0.2, -0.15) is 0 Å². The number of H-pyrrole nitrogens is 1. The highest BCUT2D eigenvalue weighted by Gasteiger charge is 2.25. The summed E-state index contributed by atoms with van der Waals surface area (Å²) in [6.07, 6.45) is 0. The molecule has 1 aromatic carbocycles. The van der Waals surface area contributed by atoms with Gasteiger partial charge in [0.25, 0.3) is 5.56 Å². The van der Waals surface area contributed by atoms with Gasteiger partial charge in [0.05, 0.1) is 23.5 Å². The smallest absolute Gasteiger partial charge is 0.278 e. The third-order valence-electron chi connectivity index (χ3n) is 4.91. The van der Waals surface area contributed by atoms with Gasteiger partial charge in [-0.1, -0.05) is 17.8 Å². The average molecular weight is 413 g/mol. The minimum Gasteiger partial charge on any atom is -0.490 e. The van der Waals surface area contributed by atoms with Crippen LogP contribution in [0.25, 0.3) is 11.0 Å². The molecule has 3 aromatic rings. The van der Waals surface area contributed by atoms with Crippen LogP contribution in [0, 0.1) is 13.8 Å². The van der Waals surface area contributed by atoms with Gasteiger partial charge in [0.2, 0.25) is 5.91 Å². The molecule has 0 saturated heterocycles. The van der Waals surface area contributed by atoms with Crippen molar-refractivity contribution in [2.45, 2.75) is 38.9 Å². The third-order valence-corrected chi connectivity index (χ3v) is 5.84. The molecule has 0 aliphatic carbocycles. The molecule has 7 nitrogen and oxygen atoms in total. The highest BCUT2D eigenvalue weighted by molar-refractivity contribution is 7.99. The number of rotatable bonds is 4. The van der Waals surface area contributed by atoms with Crippen LogP contribution in [0.5, 0.6) is 5.75 Å². The average Bonchev–Trinajstić information content (AvgIpc) is 3.06. The monoisotopic (exact) mass is 412 g/mol. The predicted octanol–water partition coefficient (Wildman–Crippen LogP) is 3.44. The summed E-state index contributed by atoms with van der Waals surface area (Å²) in [4.78, 5) is 35.4. The number of hydrogen-bond donors (Lipinski definition) is 1. The summed E-state index contributed by atoms with van der Waals surface area (Å²) in [6.45, 7) is 8.75. The van der Waals surface area contributed by atoms with E-state index in [1.165, 1.54) is 11.8 Å². The molecule has 0 saturated carbocycles. The van der Waals surface area contributed by atoms with Crippen LogP contribution in [-0.2, 0) is 4.79 Å². The van der Waals surface area contributed by atoms with Crippen LogP contribution in [-0.4, -0.2) is 39.3 Å². The second-order valence-corrected chi connectivity index (χ2v) is 8.47. The van der Waals surface area contributed by atoms with Crippen LogP contribution in [0.3, 0.4) is 0 Å². The lowest BCUT2D eigenvalue weighted by atomic mass is 10.1. The fraction of sp³-hybridized carbons (Fsp3) is 0.381. The van der Waals surface area contributed by atoms with Gasteiger partial charge in [-0.25, -0.2) is 4.98 Å². The fourth-order valence-electron chi connectivity index (χ4n) is 3.54. The molecule has 152 valence electrons. The normalized spacial score (nSPS) is 13.6. The van der Waals surface area contributed by atoms with Crippen LogP contribution < -0.4 is 15.2 Å². The lowest BCUT2D eigenvalue weighted by Crippen LogP contribution is -2.39. The van der Waals surface area contributed by atoms with Gasteiger partial charge < -0.3 is 14.6 Å². The topological polar surface area (TPSA) is 80.2 Å². The van der Waals surface area contributed by atoms with Crippen LogP contribution >= 0.6 is 11.8 Å². The summed E-state index contributed by atoms with van der Waals surface area (Å²) in [5.74, 6) is 0.892. The Bertz CT molecular complexity index is 1150. The Morgan fingerprint density at radius 1 is 1.31 bits per heavy atom. The molecule has 2 aromatic heterocycles. The number of aryl methyl sites for hydroxylation is 2. The molecule has 0 unspecified atom stereocenters. The number of hydrogen-bond acceptors (Lipinski definition) is 5. The minimum atomic E-state index is -0.111. The second kappa shape index (κ2) is 7.59. The van der Waals surface area contributed by atoms with Gasteiger partial charge in [0.1, 0.15) is 17.9 Å². The SMILES string of the molecule is Cc1ccc2c(c1)N(C(=O)CSc1nc3cc(C)[nH]c3c(=O)n1C(C)C)CCO2. The number of amides is 1. The largest absolute Gasteiger partial charge is 0.490 e. The molecule has 29 heavy (non-hydrogen) atoms. The summed E-state index contributed by atoms with van der Waals surface area (Å²) in [7, 11) is 0. The van der Waals surface area contributed by atoms with Gasteiger partial charge in [-0.3, -0.25) is 14.2 Å². The zero-order valence-corrected chi connectivity index (χ0v) is 17.8. The van der Waals surface area contributed by atoms with Crippen molar-refractivity contribution in [1.29, 1.82) is 0 Å². The number of carbonyl (C=O) groups is 1. The van der Waals surface area contributed by atoms with E-state index in [-0.39, 0.29) is 23.3 Å². The number of aromatic nitrogens is 3. The molecule has 8 heteroatoms. The number of thioether (sulfide) groups is 1. The quantitative estimate of drug-likeness (QED) is 0.524. The molecular weight excluding hydrogens is 388 g/mol. The van der Waals surface area contributed by atoms with Crippen molar-refractivity contribution in [3.63, 3.8) is 0 Å². The summed E-state index contributed by atoms with van der Waals surface area (Å²) >= 11 is 1.30. The molecule has 1 N–H and O–H groups in total. The molecular formula is C21H24N4O3S. The Morgan fingerprint density at radius 3 is 2.86 bits per heavy atom. The Labute approximate surface area is 173 Å². The van der Waals surface area contributed by atoms with E-state index in [9.17, 15) is 9.59 Å². The van der Waals surface area contributed by atoms with Gasteiger partial charge in [-0.15, -0.1) is 0 Å². The van der Waals surface area contributed by atoms with Gasteiger partial charge in [0.15, 0.2) is 5.16 Å². The lowest BCUT2D eigenvalue weighted by molar-refractivity contribution is -0.116. The van der Waals surface area contributed by atoms with E-state index in [1.54, 1.807) is 9.47 Å². The van der Waals surface area contributed by atoms with E-state index in [4.69, 9.17) is 4.74 Å². The van der Waals surface area contributed by atoms with E-state index in [2.05, 4.69) is 9.97 Å². The number of fused-ring (bicyclic) bond motifs is 2. The first-order valence-corrected chi connectivity index (χ1v) is 10.6. The van der Waals surface area contributed by atoms with Crippen LogP contribution in [0.4, 0.5) is 5.69 Å². The zero-order valence-electron chi connectivity index (χ0n) is 17.0. The maximum absolute atomic E-state index is 13.0. The molecule has 0 atom stereocenters. The van der Waals surface area contributed by atoms with Crippen LogP contribution in [0.1, 0.15) is 31.1 Å². The van der Waals surface area contributed by atoms with Gasteiger partial charge in [-0.05, 0) is 51.5 Å². The van der Waals surface area contributed by atoms with Crippen LogP contribution in [0.2, 0.25) is 0 Å².